The van der Waals surface area contributed by atoms with E-state index in [-0.39, 0.29) is 17.9 Å². The zero-order chi connectivity index (χ0) is 14.0. The van der Waals surface area contributed by atoms with E-state index in [4.69, 9.17) is 0 Å². The average molecular weight is 265 g/mol. The van der Waals surface area contributed by atoms with Crippen LogP contribution in [0.25, 0.3) is 0 Å². The summed E-state index contributed by atoms with van der Waals surface area (Å²) in [6.07, 6.45) is 7.04. The Morgan fingerprint density at radius 3 is 2.42 bits per heavy atom. The van der Waals surface area contributed by atoms with Crippen molar-refractivity contribution in [2.24, 2.45) is 17.8 Å². The van der Waals surface area contributed by atoms with Gasteiger partial charge in [-0.05, 0) is 38.5 Å². The van der Waals surface area contributed by atoms with Gasteiger partial charge in [-0.2, -0.15) is 0 Å². The molecule has 2 unspecified atom stereocenters. The highest BCUT2D eigenvalue weighted by Crippen LogP contribution is 2.31. The fourth-order valence-corrected chi connectivity index (χ4v) is 3.22. The van der Waals surface area contributed by atoms with E-state index in [0.717, 1.165) is 19.4 Å². The molecule has 0 bridgehead atoms. The van der Waals surface area contributed by atoms with E-state index in [0.29, 0.717) is 18.8 Å². The van der Waals surface area contributed by atoms with Crippen LogP contribution in [0.5, 0.6) is 0 Å². The van der Waals surface area contributed by atoms with E-state index in [9.17, 15) is 14.7 Å². The third kappa shape index (κ3) is 2.82. The van der Waals surface area contributed by atoms with Gasteiger partial charge in [0.25, 0.3) is 0 Å². The molecule has 19 heavy (non-hydrogen) atoms. The molecule has 1 fully saturated rings. The minimum atomic E-state index is -0.847. The number of nitrogens with zero attached hydrogens (tertiary/aromatic N) is 1. The maximum Gasteiger partial charge on any atom is 0.307 e. The number of hydrogen-bond donors (Lipinski definition) is 1. The number of carboxylic acids is 1. The summed E-state index contributed by atoms with van der Waals surface area (Å²) >= 11 is 0. The zero-order valence-electron chi connectivity index (χ0n) is 11.7. The van der Waals surface area contributed by atoms with Crippen molar-refractivity contribution in [1.82, 2.24) is 4.90 Å². The number of likely N-dealkylation sites (tertiary alicyclic amines) is 1. The van der Waals surface area contributed by atoms with Gasteiger partial charge in [0.05, 0.1) is 11.8 Å². The molecule has 1 N–H and O–H groups in total. The van der Waals surface area contributed by atoms with Gasteiger partial charge >= 0.3 is 5.97 Å². The summed E-state index contributed by atoms with van der Waals surface area (Å²) in [5.74, 6) is -1.24. The number of carboxylic acid groups (broad SMARTS) is 1. The fraction of sp³-hybridized carbons (Fsp3) is 0.733. The van der Waals surface area contributed by atoms with Crippen LogP contribution in [0.4, 0.5) is 0 Å². The molecular formula is C15H23NO3. The minimum absolute atomic E-state index is 0.0378. The summed E-state index contributed by atoms with van der Waals surface area (Å²) in [7, 11) is 0. The Morgan fingerprint density at radius 2 is 1.79 bits per heavy atom. The predicted molar refractivity (Wildman–Crippen MR) is 72.6 cm³/mol. The van der Waals surface area contributed by atoms with Crippen molar-refractivity contribution in [3.8, 4) is 0 Å². The number of allylic oxidation sites excluding steroid dienone is 2. The molecule has 0 aromatic heterocycles. The lowest BCUT2D eigenvalue weighted by Crippen LogP contribution is -2.50. The van der Waals surface area contributed by atoms with Crippen LogP contribution in [-0.4, -0.2) is 34.5 Å². The molecule has 0 spiro atoms. The van der Waals surface area contributed by atoms with Gasteiger partial charge in [-0.25, -0.2) is 0 Å². The molecule has 4 nitrogen and oxygen atoms in total. The van der Waals surface area contributed by atoms with Crippen LogP contribution in [0.15, 0.2) is 12.2 Å². The Kier molecular flexibility index (Phi) is 4.27. The number of piperidine rings is 1. The third-order valence-electron chi connectivity index (χ3n) is 4.72. The maximum absolute atomic E-state index is 12.7. The first-order valence-electron chi connectivity index (χ1n) is 7.20. The van der Waals surface area contributed by atoms with Crippen LogP contribution >= 0.6 is 0 Å². The van der Waals surface area contributed by atoms with Crippen LogP contribution < -0.4 is 0 Å². The molecule has 1 heterocycles. The largest absolute Gasteiger partial charge is 0.481 e. The number of carbonyl (C=O) groups is 2. The van der Waals surface area contributed by atoms with Crippen molar-refractivity contribution in [1.29, 1.82) is 0 Å². The van der Waals surface area contributed by atoms with Crippen molar-refractivity contribution in [2.75, 3.05) is 6.54 Å². The topological polar surface area (TPSA) is 57.6 Å². The molecule has 0 radical (unpaired) electrons. The number of hydrogen-bond acceptors (Lipinski definition) is 2. The number of aliphatic carboxylic acids is 1. The Balaban J connectivity index is 2.13. The van der Waals surface area contributed by atoms with Gasteiger partial charge in [0.1, 0.15) is 0 Å². The lowest BCUT2D eigenvalue weighted by Gasteiger charge is -2.41. The molecule has 1 amide bonds. The van der Waals surface area contributed by atoms with E-state index >= 15 is 0 Å². The van der Waals surface area contributed by atoms with Gasteiger partial charge in [-0.1, -0.05) is 19.1 Å². The molecule has 4 heteroatoms. The summed E-state index contributed by atoms with van der Waals surface area (Å²) in [4.78, 5) is 25.9. The lowest BCUT2D eigenvalue weighted by molar-refractivity contribution is -0.152. The van der Waals surface area contributed by atoms with Crippen molar-refractivity contribution in [2.45, 2.75) is 45.6 Å². The Morgan fingerprint density at radius 1 is 1.16 bits per heavy atom. The number of amides is 1. The fourth-order valence-electron chi connectivity index (χ4n) is 3.22. The van der Waals surface area contributed by atoms with E-state index in [1.54, 1.807) is 0 Å². The molecule has 106 valence electrons. The monoisotopic (exact) mass is 265 g/mol. The molecule has 0 aromatic rings. The van der Waals surface area contributed by atoms with E-state index in [1.807, 2.05) is 17.1 Å². The van der Waals surface area contributed by atoms with Crippen molar-refractivity contribution >= 4 is 11.9 Å². The molecule has 2 aliphatic rings. The van der Waals surface area contributed by atoms with Gasteiger partial charge in [0.2, 0.25) is 5.91 Å². The first-order valence-corrected chi connectivity index (χ1v) is 7.20. The van der Waals surface area contributed by atoms with Crippen LogP contribution in [0.1, 0.15) is 39.5 Å². The molecule has 0 aromatic carbocycles. The van der Waals surface area contributed by atoms with Gasteiger partial charge in [-0.15, -0.1) is 0 Å². The molecule has 0 saturated carbocycles. The number of carbonyl (C=O) groups excluding carboxylic acids is 1. The van der Waals surface area contributed by atoms with Crippen molar-refractivity contribution < 1.29 is 14.7 Å². The standard InChI is InChI=1S/C15H23NO3/c1-10-6-5-9-16(11(10)2)14(17)12-7-3-4-8-13(12)15(18)19/h3-4,10-13H,5-9H2,1-2H3,(H,18,19)/t10?,11?,12-,13+/m1/s1. The summed E-state index contributed by atoms with van der Waals surface area (Å²) in [6.45, 7) is 5.02. The molecule has 1 aliphatic carbocycles. The lowest BCUT2D eigenvalue weighted by atomic mass is 9.80. The van der Waals surface area contributed by atoms with E-state index < -0.39 is 11.9 Å². The summed E-state index contributed by atoms with van der Waals surface area (Å²) in [6, 6.07) is 0.224. The van der Waals surface area contributed by atoms with Crippen LogP contribution in [0, 0.1) is 17.8 Å². The minimum Gasteiger partial charge on any atom is -0.481 e. The van der Waals surface area contributed by atoms with E-state index in [1.165, 1.54) is 0 Å². The second-order valence-corrected chi connectivity index (χ2v) is 5.89. The maximum atomic E-state index is 12.7. The second kappa shape index (κ2) is 5.76. The average Bonchev–Trinajstić information content (AvgIpc) is 2.41. The molecule has 2 rings (SSSR count). The highest BCUT2D eigenvalue weighted by Gasteiger charge is 2.39. The first-order chi connectivity index (χ1) is 9.02. The SMILES string of the molecule is CC1CCCN(C(=O)[C@@H]2CC=CC[C@@H]2C(=O)O)C1C. The highest BCUT2D eigenvalue weighted by molar-refractivity contribution is 5.85. The quantitative estimate of drug-likeness (QED) is 0.779. The van der Waals surface area contributed by atoms with Gasteiger partial charge in [-0.3, -0.25) is 9.59 Å². The van der Waals surface area contributed by atoms with Crippen molar-refractivity contribution in [3.05, 3.63) is 12.2 Å². The Hall–Kier alpha value is -1.32. The summed E-state index contributed by atoms with van der Waals surface area (Å²) < 4.78 is 0. The predicted octanol–water partition coefficient (Wildman–Crippen LogP) is 2.30. The Bertz CT molecular complexity index is 391. The van der Waals surface area contributed by atoms with Crippen LogP contribution in [-0.2, 0) is 9.59 Å². The first kappa shape index (κ1) is 14.1. The van der Waals surface area contributed by atoms with Crippen molar-refractivity contribution in [3.63, 3.8) is 0 Å². The second-order valence-electron chi connectivity index (χ2n) is 5.89. The van der Waals surface area contributed by atoms with Crippen LogP contribution in [0.3, 0.4) is 0 Å². The molecule has 1 aliphatic heterocycles. The number of rotatable bonds is 2. The van der Waals surface area contributed by atoms with Gasteiger partial charge < -0.3 is 10.0 Å². The molecular weight excluding hydrogens is 242 g/mol. The summed E-state index contributed by atoms with van der Waals surface area (Å²) in [5.41, 5.74) is 0. The third-order valence-corrected chi connectivity index (χ3v) is 4.72. The van der Waals surface area contributed by atoms with E-state index in [2.05, 4.69) is 13.8 Å². The van der Waals surface area contributed by atoms with Crippen LogP contribution in [0.2, 0.25) is 0 Å². The smallest absolute Gasteiger partial charge is 0.307 e. The Labute approximate surface area is 114 Å². The normalized spacial score (nSPS) is 35.2. The molecule has 4 atom stereocenters. The van der Waals surface area contributed by atoms with Gasteiger partial charge in [0, 0.05) is 12.6 Å². The van der Waals surface area contributed by atoms with Gasteiger partial charge in [0.15, 0.2) is 0 Å². The zero-order valence-corrected chi connectivity index (χ0v) is 11.7. The molecule has 1 saturated heterocycles. The summed E-state index contributed by atoms with van der Waals surface area (Å²) in [5, 5.41) is 9.27. The highest BCUT2D eigenvalue weighted by atomic mass is 16.4.